The Bertz CT molecular complexity index is 558. The first-order chi connectivity index (χ1) is 12.3. The highest BCUT2D eigenvalue weighted by Crippen LogP contribution is 2.35. The summed E-state index contributed by atoms with van der Waals surface area (Å²) in [5.41, 5.74) is 1.45. The van der Waals surface area contributed by atoms with Crippen LogP contribution in [0.1, 0.15) is 37.7 Å². The molecule has 1 aromatic rings. The molecule has 0 aliphatic carbocycles. The van der Waals surface area contributed by atoms with Crippen molar-refractivity contribution in [3.8, 4) is 0 Å². The van der Waals surface area contributed by atoms with E-state index < -0.39 is 0 Å². The highest BCUT2D eigenvalue weighted by Gasteiger charge is 2.34. The summed E-state index contributed by atoms with van der Waals surface area (Å²) in [4.78, 5) is 6.98. The molecule has 0 aromatic heterocycles. The number of thioether (sulfide) groups is 1. The standard InChI is InChI=1S/C20H31N3OS.HI/c1-3-25-20(10-13-24-14-11-20)16-22-19(21-2)23-12-9-18(15-23)17-7-5-4-6-8-17;/h4-8,18H,3,9-16H2,1-2H3,(H,21,22);1H. The molecule has 0 amide bonds. The maximum absolute atomic E-state index is 5.59. The van der Waals surface area contributed by atoms with Gasteiger partial charge in [-0.2, -0.15) is 11.8 Å². The summed E-state index contributed by atoms with van der Waals surface area (Å²) in [5.74, 6) is 2.82. The van der Waals surface area contributed by atoms with Gasteiger partial charge in [0.05, 0.1) is 0 Å². The molecule has 0 radical (unpaired) electrons. The van der Waals surface area contributed by atoms with Gasteiger partial charge in [0.25, 0.3) is 0 Å². The van der Waals surface area contributed by atoms with Crippen molar-refractivity contribution < 1.29 is 4.74 Å². The normalized spacial score (nSPS) is 22.8. The van der Waals surface area contributed by atoms with Crippen molar-refractivity contribution in [2.24, 2.45) is 4.99 Å². The molecule has 2 fully saturated rings. The number of hydrogen-bond donors (Lipinski definition) is 1. The van der Waals surface area contributed by atoms with Gasteiger partial charge in [-0.1, -0.05) is 37.3 Å². The van der Waals surface area contributed by atoms with Crippen LogP contribution in [-0.4, -0.2) is 61.3 Å². The van der Waals surface area contributed by atoms with Crippen LogP contribution in [-0.2, 0) is 4.74 Å². The van der Waals surface area contributed by atoms with E-state index in [2.05, 4.69) is 64.2 Å². The SMILES string of the molecule is CCSC1(CNC(=NC)N2CCC(c3ccccc3)C2)CCOCC1.I. The minimum absolute atomic E-state index is 0. The van der Waals surface area contributed by atoms with Crippen molar-refractivity contribution in [3.05, 3.63) is 35.9 Å². The first-order valence-corrected chi connectivity index (χ1v) is 10.5. The Hall–Kier alpha value is -0.470. The molecule has 2 aliphatic heterocycles. The first-order valence-electron chi connectivity index (χ1n) is 9.48. The number of nitrogens with zero attached hydrogens (tertiary/aromatic N) is 2. The van der Waals surface area contributed by atoms with Gasteiger partial charge in [0, 0.05) is 50.6 Å². The van der Waals surface area contributed by atoms with E-state index in [-0.39, 0.29) is 24.0 Å². The Morgan fingerprint density at radius 3 is 2.69 bits per heavy atom. The van der Waals surface area contributed by atoms with Crippen LogP contribution in [0.3, 0.4) is 0 Å². The van der Waals surface area contributed by atoms with Gasteiger partial charge in [-0.15, -0.1) is 24.0 Å². The van der Waals surface area contributed by atoms with Gasteiger partial charge < -0.3 is 15.0 Å². The van der Waals surface area contributed by atoms with Crippen molar-refractivity contribution >= 4 is 41.7 Å². The molecule has 1 N–H and O–H groups in total. The summed E-state index contributed by atoms with van der Waals surface area (Å²) in [6.07, 6.45) is 3.46. The highest BCUT2D eigenvalue weighted by molar-refractivity contribution is 14.0. The van der Waals surface area contributed by atoms with Crippen LogP contribution in [0.25, 0.3) is 0 Å². The van der Waals surface area contributed by atoms with Gasteiger partial charge in [0.15, 0.2) is 5.96 Å². The van der Waals surface area contributed by atoms with E-state index in [0.717, 1.165) is 57.4 Å². The van der Waals surface area contributed by atoms with E-state index >= 15 is 0 Å². The predicted octanol–water partition coefficient (Wildman–Crippen LogP) is 3.97. The largest absolute Gasteiger partial charge is 0.381 e. The average molecular weight is 489 g/mol. The van der Waals surface area contributed by atoms with E-state index in [1.807, 2.05) is 7.05 Å². The van der Waals surface area contributed by atoms with Crippen LogP contribution in [0.2, 0.25) is 0 Å². The molecule has 146 valence electrons. The van der Waals surface area contributed by atoms with E-state index in [1.54, 1.807) is 0 Å². The van der Waals surface area contributed by atoms with E-state index in [0.29, 0.717) is 10.7 Å². The number of aliphatic imine (C=N–C) groups is 1. The Morgan fingerprint density at radius 1 is 1.31 bits per heavy atom. The molecule has 2 saturated heterocycles. The minimum atomic E-state index is 0. The molecule has 0 spiro atoms. The first kappa shape index (κ1) is 21.8. The molecule has 6 heteroatoms. The van der Waals surface area contributed by atoms with E-state index in [1.165, 1.54) is 12.0 Å². The van der Waals surface area contributed by atoms with Crippen molar-refractivity contribution in [3.63, 3.8) is 0 Å². The van der Waals surface area contributed by atoms with Gasteiger partial charge in [-0.3, -0.25) is 4.99 Å². The summed E-state index contributed by atoms with van der Waals surface area (Å²) < 4.78 is 5.88. The molecule has 3 rings (SSSR count). The van der Waals surface area contributed by atoms with Crippen LogP contribution < -0.4 is 5.32 Å². The topological polar surface area (TPSA) is 36.9 Å². The molecule has 1 atom stereocenters. The predicted molar refractivity (Wildman–Crippen MR) is 123 cm³/mol. The van der Waals surface area contributed by atoms with Crippen LogP contribution in [0.4, 0.5) is 0 Å². The Kier molecular flexibility index (Phi) is 9.03. The molecule has 26 heavy (non-hydrogen) atoms. The zero-order valence-electron chi connectivity index (χ0n) is 15.9. The minimum Gasteiger partial charge on any atom is -0.381 e. The van der Waals surface area contributed by atoms with E-state index in [9.17, 15) is 0 Å². The molecule has 1 unspecified atom stereocenters. The van der Waals surface area contributed by atoms with Crippen molar-refractivity contribution in [1.82, 2.24) is 10.2 Å². The van der Waals surface area contributed by atoms with Gasteiger partial charge >= 0.3 is 0 Å². The monoisotopic (exact) mass is 489 g/mol. The van der Waals surface area contributed by atoms with Gasteiger partial charge in [-0.25, -0.2) is 0 Å². The van der Waals surface area contributed by atoms with Gasteiger partial charge in [-0.05, 0) is 30.6 Å². The lowest BCUT2D eigenvalue weighted by Crippen LogP contribution is -2.48. The van der Waals surface area contributed by atoms with E-state index in [4.69, 9.17) is 4.74 Å². The smallest absolute Gasteiger partial charge is 0.193 e. The molecule has 1 aromatic carbocycles. The van der Waals surface area contributed by atoms with Crippen molar-refractivity contribution in [2.45, 2.75) is 36.9 Å². The number of hydrogen-bond acceptors (Lipinski definition) is 3. The Balaban J connectivity index is 0.00000243. The molecule has 0 bridgehead atoms. The molecule has 0 saturated carbocycles. The number of likely N-dealkylation sites (tertiary alicyclic amines) is 1. The fraction of sp³-hybridized carbons (Fsp3) is 0.650. The van der Waals surface area contributed by atoms with Gasteiger partial charge in [0.2, 0.25) is 0 Å². The zero-order valence-corrected chi connectivity index (χ0v) is 19.1. The molecule has 2 heterocycles. The fourth-order valence-electron chi connectivity index (χ4n) is 3.94. The maximum Gasteiger partial charge on any atom is 0.193 e. The van der Waals surface area contributed by atoms with Crippen LogP contribution in [0.15, 0.2) is 35.3 Å². The second kappa shape index (κ2) is 10.8. The van der Waals surface area contributed by atoms with Gasteiger partial charge in [0.1, 0.15) is 0 Å². The molecule has 2 aliphatic rings. The molecular weight excluding hydrogens is 457 g/mol. The van der Waals surface area contributed by atoms with Crippen molar-refractivity contribution in [2.75, 3.05) is 45.6 Å². The number of benzene rings is 1. The molecular formula is C20H32IN3OS. The summed E-state index contributed by atoms with van der Waals surface area (Å²) in [6, 6.07) is 10.9. The fourth-order valence-corrected chi connectivity index (χ4v) is 5.19. The lowest BCUT2D eigenvalue weighted by atomic mass is 9.99. The number of ether oxygens (including phenoxy) is 1. The van der Waals surface area contributed by atoms with Crippen LogP contribution in [0, 0.1) is 0 Å². The lowest BCUT2D eigenvalue weighted by molar-refractivity contribution is 0.0780. The number of rotatable bonds is 5. The summed E-state index contributed by atoms with van der Waals surface area (Å²) in [5, 5.41) is 3.68. The second-order valence-corrected chi connectivity index (χ2v) is 8.70. The average Bonchev–Trinajstić information content (AvgIpc) is 3.14. The Morgan fingerprint density at radius 2 is 2.04 bits per heavy atom. The third-order valence-electron chi connectivity index (χ3n) is 5.39. The lowest BCUT2D eigenvalue weighted by Gasteiger charge is -2.37. The number of guanidine groups is 1. The van der Waals surface area contributed by atoms with Crippen LogP contribution in [0.5, 0.6) is 0 Å². The maximum atomic E-state index is 5.59. The summed E-state index contributed by atoms with van der Waals surface area (Å²) in [6.45, 7) is 7.13. The van der Waals surface area contributed by atoms with Crippen LogP contribution >= 0.6 is 35.7 Å². The highest BCUT2D eigenvalue weighted by atomic mass is 127. The zero-order chi connectivity index (χ0) is 17.5. The number of nitrogens with one attached hydrogen (secondary N) is 1. The quantitative estimate of drug-likeness (QED) is 0.386. The summed E-state index contributed by atoms with van der Waals surface area (Å²) >= 11 is 2.08. The molecule has 4 nitrogen and oxygen atoms in total. The summed E-state index contributed by atoms with van der Waals surface area (Å²) in [7, 11) is 1.90. The van der Waals surface area contributed by atoms with Crippen molar-refractivity contribution in [1.29, 1.82) is 0 Å². The Labute approximate surface area is 179 Å². The third-order valence-corrected chi connectivity index (χ3v) is 6.85. The third kappa shape index (κ3) is 5.52. The second-order valence-electron chi connectivity index (χ2n) is 6.97. The number of halogens is 1.